The van der Waals surface area contributed by atoms with Crippen molar-refractivity contribution in [2.24, 2.45) is 0 Å². The summed E-state index contributed by atoms with van der Waals surface area (Å²) in [6.07, 6.45) is -4.18. The van der Waals surface area contributed by atoms with Crippen LogP contribution < -0.4 is 4.74 Å². The van der Waals surface area contributed by atoms with Crippen LogP contribution in [0, 0.1) is 0 Å². The number of hydrogen-bond acceptors (Lipinski definition) is 2. The van der Waals surface area contributed by atoms with Crippen LogP contribution in [0.3, 0.4) is 0 Å². The maximum absolute atomic E-state index is 12.4. The number of carbonyl (C=O) groups excluding carboxylic acids is 1. The molecule has 5 heteroatoms. The summed E-state index contributed by atoms with van der Waals surface area (Å²) in [5.41, 5.74) is -1.05. The lowest BCUT2D eigenvalue weighted by atomic mass is 10.1. The molecule has 0 aliphatic carbocycles. The number of methoxy groups -OCH3 is 1. The van der Waals surface area contributed by atoms with Gasteiger partial charge in [0.25, 0.3) is 0 Å². The number of alkyl halides is 3. The quantitative estimate of drug-likeness (QED) is 0.692. The Hall–Kier alpha value is -1.52. The lowest BCUT2D eigenvalue weighted by molar-refractivity contribution is -0.138. The van der Waals surface area contributed by atoms with E-state index >= 15 is 0 Å². The maximum Gasteiger partial charge on any atom is 0.419 e. The lowest BCUT2D eigenvalue weighted by Crippen LogP contribution is -2.08. The molecular weight excluding hydrogens is 197 g/mol. The van der Waals surface area contributed by atoms with Crippen LogP contribution in [0.15, 0.2) is 18.2 Å². The summed E-state index contributed by atoms with van der Waals surface area (Å²) in [6.45, 7) is 0. The molecule has 1 rings (SSSR count). The Morgan fingerprint density at radius 3 is 2.43 bits per heavy atom. The number of aldehydes is 1. The predicted octanol–water partition coefficient (Wildman–Crippen LogP) is 2.53. The lowest BCUT2D eigenvalue weighted by Gasteiger charge is -2.12. The van der Waals surface area contributed by atoms with E-state index in [1.165, 1.54) is 6.07 Å². The van der Waals surface area contributed by atoms with Crippen molar-refractivity contribution in [3.8, 4) is 5.75 Å². The van der Waals surface area contributed by atoms with Crippen LogP contribution in [-0.2, 0) is 6.18 Å². The van der Waals surface area contributed by atoms with Crippen LogP contribution in [-0.4, -0.2) is 13.4 Å². The van der Waals surface area contributed by atoms with E-state index in [2.05, 4.69) is 4.74 Å². The molecule has 1 aromatic carbocycles. The highest BCUT2D eigenvalue weighted by molar-refractivity contribution is 5.80. The van der Waals surface area contributed by atoms with Crippen LogP contribution in [0.25, 0.3) is 0 Å². The first-order valence-electron chi connectivity index (χ1n) is 3.70. The van der Waals surface area contributed by atoms with Gasteiger partial charge in [0, 0.05) is 0 Å². The van der Waals surface area contributed by atoms with E-state index in [0.29, 0.717) is 6.29 Å². The molecule has 0 saturated carbocycles. The second kappa shape index (κ2) is 3.69. The molecule has 0 atom stereocenters. The second-order valence-corrected chi connectivity index (χ2v) is 2.54. The van der Waals surface area contributed by atoms with E-state index in [4.69, 9.17) is 0 Å². The van der Waals surface area contributed by atoms with Gasteiger partial charge in [-0.2, -0.15) is 13.2 Å². The van der Waals surface area contributed by atoms with Crippen molar-refractivity contribution in [2.45, 2.75) is 6.18 Å². The Morgan fingerprint density at radius 2 is 2.00 bits per heavy atom. The minimum absolute atomic E-state index is 0.109. The maximum atomic E-state index is 12.4. The van der Waals surface area contributed by atoms with Crippen molar-refractivity contribution in [1.29, 1.82) is 0 Å². The van der Waals surface area contributed by atoms with Crippen LogP contribution in [0.5, 0.6) is 5.75 Å². The number of carbonyl (C=O) groups is 1. The summed E-state index contributed by atoms with van der Waals surface area (Å²) in [7, 11) is 1.09. The zero-order chi connectivity index (χ0) is 10.8. The van der Waals surface area contributed by atoms with Gasteiger partial charge in [-0.15, -0.1) is 0 Å². The molecule has 0 unspecified atom stereocenters. The molecule has 0 spiro atoms. The van der Waals surface area contributed by atoms with Crippen LogP contribution in [0.4, 0.5) is 13.2 Å². The Balaban J connectivity index is 3.36. The van der Waals surface area contributed by atoms with Crippen molar-refractivity contribution in [2.75, 3.05) is 7.11 Å². The van der Waals surface area contributed by atoms with Gasteiger partial charge in [-0.05, 0) is 12.1 Å². The van der Waals surface area contributed by atoms with Gasteiger partial charge in [-0.1, -0.05) is 6.07 Å². The average molecular weight is 204 g/mol. The molecule has 2 nitrogen and oxygen atoms in total. The smallest absolute Gasteiger partial charge is 0.419 e. The van der Waals surface area contributed by atoms with Crippen LogP contribution >= 0.6 is 0 Å². The van der Waals surface area contributed by atoms with Gasteiger partial charge in [-0.3, -0.25) is 4.79 Å². The Kier molecular flexibility index (Phi) is 2.78. The molecule has 14 heavy (non-hydrogen) atoms. The summed E-state index contributed by atoms with van der Waals surface area (Å²) in [6, 6.07) is 3.29. The summed E-state index contributed by atoms with van der Waals surface area (Å²) >= 11 is 0. The molecule has 0 bridgehead atoms. The zero-order valence-corrected chi connectivity index (χ0v) is 7.26. The topological polar surface area (TPSA) is 26.3 Å². The van der Waals surface area contributed by atoms with Crippen molar-refractivity contribution < 1.29 is 22.7 Å². The number of benzene rings is 1. The molecule has 0 heterocycles. The normalized spacial score (nSPS) is 11.1. The highest BCUT2D eigenvalue weighted by Crippen LogP contribution is 2.37. The average Bonchev–Trinajstić information content (AvgIpc) is 2.15. The van der Waals surface area contributed by atoms with Gasteiger partial charge in [0.2, 0.25) is 0 Å². The molecule has 0 fully saturated rings. The first-order chi connectivity index (χ1) is 6.50. The first kappa shape index (κ1) is 10.6. The summed E-state index contributed by atoms with van der Waals surface area (Å²) in [4.78, 5) is 10.4. The SMILES string of the molecule is COc1c(C=O)cccc1C(F)(F)F. The van der Waals surface area contributed by atoms with Crippen LogP contribution in [0.1, 0.15) is 15.9 Å². The minimum Gasteiger partial charge on any atom is -0.495 e. The Labute approximate surface area is 78.3 Å². The molecule has 0 aliphatic heterocycles. The van der Waals surface area contributed by atoms with Gasteiger partial charge in [-0.25, -0.2) is 0 Å². The van der Waals surface area contributed by atoms with Crippen molar-refractivity contribution in [3.05, 3.63) is 29.3 Å². The van der Waals surface area contributed by atoms with Crippen molar-refractivity contribution in [3.63, 3.8) is 0 Å². The van der Waals surface area contributed by atoms with Gasteiger partial charge in [0.1, 0.15) is 5.75 Å². The third-order valence-electron chi connectivity index (χ3n) is 1.68. The van der Waals surface area contributed by atoms with E-state index in [1.807, 2.05) is 0 Å². The molecule has 0 amide bonds. The van der Waals surface area contributed by atoms with Gasteiger partial charge in [0.05, 0.1) is 18.2 Å². The molecular formula is C9H7F3O2. The Bertz CT molecular complexity index is 344. The fourth-order valence-electron chi connectivity index (χ4n) is 1.10. The third-order valence-corrected chi connectivity index (χ3v) is 1.68. The van der Waals surface area contributed by atoms with Gasteiger partial charge < -0.3 is 4.74 Å². The molecule has 76 valence electrons. The van der Waals surface area contributed by atoms with Crippen molar-refractivity contribution in [1.82, 2.24) is 0 Å². The van der Waals surface area contributed by atoms with E-state index < -0.39 is 17.5 Å². The van der Waals surface area contributed by atoms with E-state index in [1.54, 1.807) is 0 Å². The molecule has 0 saturated heterocycles. The van der Waals surface area contributed by atoms with Crippen LogP contribution in [0.2, 0.25) is 0 Å². The number of para-hydroxylation sites is 1. The molecule has 0 aliphatic rings. The largest absolute Gasteiger partial charge is 0.495 e. The van der Waals surface area contributed by atoms with E-state index in [9.17, 15) is 18.0 Å². The summed E-state index contributed by atoms with van der Waals surface area (Å²) < 4.78 is 41.6. The number of hydrogen-bond donors (Lipinski definition) is 0. The number of ether oxygens (including phenoxy) is 1. The highest BCUT2D eigenvalue weighted by Gasteiger charge is 2.34. The standard InChI is InChI=1S/C9H7F3O2/c1-14-8-6(5-13)3-2-4-7(8)9(10,11)12/h2-5H,1H3. The molecule has 0 N–H and O–H groups in total. The number of halogens is 3. The van der Waals surface area contributed by atoms with E-state index in [-0.39, 0.29) is 5.56 Å². The van der Waals surface area contributed by atoms with Gasteiger partial charge in [0.15, 0.2) is 6.29 Å². The minimum atomic E-state index is -4.51. The number of rotatable bonds is 2. The highest BCUT2D eigenvalue weighted by atomic mass is 19.4. The van der Waals surface area contributed by atoms with Crippen molar-refractivity contribution >= 4 is 6.29 Å². The van der Waals surface area contributed by atoms with Gasteiger partial charge >= 0.3 is 6.18 Å². The first-order valence-corrected chi connectivity index (χ1v) is 3.70. The molecule has 1 aromatic rings. The summed E-state index contributed by atoms with van der Waals surface area (Å²) in [5.74, 6) is -0.435. The molecule has 0 aromatic heterocycles. The zero-order valence-electron chi connectivity index (χ0n) is 7.26. The fourth-order valence-corrected chi connectivity index (χ4v) is 1.10. The second-order valence-electron chi connectivity index (χ2n) is 2.54. The van der Waals surface area contributed by atoms with E-state index in [0.717, 1.165) is 19.2 Å². The molecule has 0 radical (unpaired) electrons. The fraction of sp³-hybridized carbons (Fsp3) is 0.222. The Morgan fingerprint density at radius 1 is 1.36 bits per heavy atom. The third kappa shape index (κ3) is 1.86. The summed E-state index contributed by atoms with van der Waals surface area (Å²) in [5, 5.41) is 0. The predicted molar refractivity (Wildman–Crippen MR) is 43.4 cm³/mol. The monoisotopic (exact) mass is 204 g/mol.